The number of esters is 1. The van der Waals surface area contributed by atoms with Crippen LogP contribution in [0.2, 0.25) is 0 Å². The number of phenolic OH excluding ortho intramolecular Hbond substituents is 1. The van der Waals surface area contributed by atoms with E-state index in [4.69, 9.17) is 4.74 Å². The number of ketones is 2. The lowest BCUT2D eigenvalue weighted by Gasteiger charge is -2.36. The van der Waals surface area contributed by atoms with Crippen molar-refractivity contribution in [1.29, 1.82) is 0 Å². The summed E-state index contributed by atoms with van der Waals surface area (Å²) in [5, 5.41) is 39.5. The average molecular weight is 821 g/mol. The second kappa shape index (κ2) is 22.5. The number of amides is 3. The third-order valence-corrected chi connectivity index (χ3v) is 10.6. The molecule has 0 spiro atoms. The maximum absolute atomic E-state index is 14.3. The zero-order valence-corrected chi connectivity index (χ0v) is 35.6. The predicted octanol–water partition coefficient (Wildman–Crippen LogP) is 3.94. The van der Waals surface area contributed by atoms with E-state index < -0.39 is 83.3 Å². The van der Waals surface area contributed by atoms with E-state index >= 15 is 0 Å². The highest BCUT2D eigenvalue weighted by Gasteiger charge is 2.38. The number of hydrazine groups is 1. The fraction of sp³-hybridized carbons (Fsp3) is 0.556. The molecular weight excluding hydrogens is 757 g/mol. The van der Waals surface area contributed by atoms with E-state index in [-0.39, 0.29) is 49.5 Å². The molecule has 2 heterocycles. The van der Waals surface area contributed by atoms with Gasteiger partial charge in [0.25, 0.3) is 5.91 Å². The molecule has 0 radical (unpaired) electrons. The summed E-state index contributed by atoms with van der Waals surface area (Å²) in [6, 6.07) is 2.93. The van der Waals surface area contributed by atoms with Gasteiger partial charge in [0.15, 0.2) is 5.78 Å². The topological polar surface area (TPSA) is 212 Å². The molecule has 3 amide bonds. The number of cyclic esters (lactones) is 1. The van der Waals surface area contributed by atoms with Gasteiger partial charge >= 0.3 is 5.97 Å². The Morgan fingerprint density at radius 3 is 2.39 bits per heavy atom. The lowest BCUT2D eigenvalue weighted by Crippen LogP contribution is -2.62. The molecule has 1 aromatic rings. The monoisotopic (exact) mass is 820 g/mol. The molecule has 1 aromatic carbocycles. The Kier molecular flexibility index (Phi) is 18.4. The standard InChI is InChI=1S/C45H64N4O10/c1-27(2)39-42(56)46-35(26-31-16-13-17-32(51)25-31)43(57)49-24-14-18-34(48-49)44(58)59-37(28(3)15-12-21-38(53)45(6,7)8)20-11-9-10-19-36(52)30(5)40(54)33(41(55)47-39)23-22-29(4)50/h9-13,15-17,19,21,25,27,30,33-37,39-40,48,51-52,54H,14,18,20,22-24,26H2,1-8H3,(H,46,56)(H,47,55)/t30-,33+,34?,35-,36-,37-,39-,40+/m0/s1. The molecule has 0 aliphatic carbocycles. The van der Waals surface area contributed by atoms with Gasteiger partial charge in [-0.1, -0.05) is 90.1 Å². The van der Waals surface area contributed by atoms with Crippen molar-refractivity contribution in [3.05, 3.63) is 77.9 Å². The quantitative estimate of drug-likeness (QED) is 0.119. The zero-order chi connectivity index (χ0) is 44.0. The molecule has 2 aliphatic rings. The molecule has 0 saturated carbocycles. The molecule has 0 aromatic heterocycles. The van der Waals surface area contributed by atoms with Crippen molar-refractivity contribution in [2.75, 3.05) is 6.54 Å². The summed E-state index contributed by atoms with van der Waals surface area (Å²) < 4.78 is 6.03. The maximum atomic E-state index is 14.3. The average Bonchev–Trinajstić information content (AvgIpc) is 3.17. The number of allylic oxidation sites excluding steroid dienone is 5. The van der Waals surface area contributed by atoms with Crippen LogP contribution in [0.25, 0.3) is 0 Å². The summed E-state index contributed by atoms with van der Waals surface area (Å²) >= 11 is 0. The van der Waals surface area contributed by atoms with Gasteiger partial charge in [-0.3, -0.25) is 29.0 Å². The van der Waals surface area contributed by atoms with Gasteiger partial charge in [0.1, 0.15) is 35.8 Å². The summed E-state index contributed by atoms with van der Waals surface area (Å²) in [5.74, 6) is -5.42. The van der Waals surface area contributed by atoms with Gasteiger partial charge in [-0.2, -0.15) is 0 Å². The van der Waals surface area contributed by atoms with Gasteiger partial charge in [-0.05, 0) is 68.4 Å². The van der Waals surface area contributed by atoms with Crippen LogP contribution in [0.5, 0.6) is 5.75 Å². The normalized spacial score (nSPS) is 27.4. The first-order chi connectivity index (χ1) is 27.7. The molecule has 2 aliphatic heterocycles. The van der Waals surface area contributed by atoms with E-state index in [2.05, 4.69) is 16.1 Å². The number of rotatable bonds is 9. The van der Waals surface area contributed by atoms with Crippen LogP contribution in [0.15, 0.2) is 72.4 Å². The number of aliphatic hydroxyl groups excluding tert-OH is 2. The Balaban J connectivity index is 2.08. The van der Waals surface area contributed by atoms with Gasteiger partial charge in [0.05, 0.1) is 18.1 Å². The van der Waals surface area contributed by atoms with E-state index in [0.717, 1.165) is 0 Å². The minimum atomic E-state index is -1.42. The number of aromatic hydroxyl groups is 1. The minimum absolute atomic E-state index is 0.0261. The highest BCUT2D eigenvalue weighted by Crippen LogP contribution is 2.24. The molecule has 8 atom stereocenters. The van der Waals surface area contributed by atoms with Crippen molar-refractivity contribution in [3.63, 3.8) is 0 Å². The summed E-state index contributed by atoms with van der Waals surface area (Å²) in [4.78, 5) is 80.6. The van der Waals surface area contributed by atoms with E-state index in [1.807, 2.05) is 20.8 Å². The lowest BCUT2D eigenvalue weighted by atomic mass is 9.84. The van der Waals surface area contributed by atoms with Crippen LogP contribution >= 0.6 is 0 Å². The predicted molar refractivity (Wildman–Crippen MR) is 223 cm³/mol. The van der Waals surface area contributed by atoms with E-state index in [9.17, 15) is 44.1 Å². The van der Waals surface area contributed by atoms with Gasteiger partial charge in [-0.15, -0.1) is 0 Å². The number of fused-ring (bicyclic) bond motifs is 2. The van der Waals surface area contributed by atoms with Gasteiger partial charge in [0.2, 0.25) is 11.8 Å². The first kappa shape index (κ1) is 48.4. The number of aliphatic hydroxyl groups is 2. The van der Waals surface area contributed by atoms with Crippen LogP contribution in [0, 0.1) is 23.2 Å². The number of carbonyl (C=O) groups excluding carboxylic acids is 6. The Morgan fingerprint density at radius 2 is 1.75 bits per heavy atom. The number of hydrogen-bond acceptors (Lipinski definition) is 11. The molecular formula is C45H64N4O10. The van der Waals surface area contributed by atoms with Crippen molar-refractivity contribution < 1.29 is 48.8 Å². The van der Waals surface area contributed by atoms with Crippen LogP contribution in [-0.2, 0) is 39.9 Å². The molecule has 59 heavy (non-hydrogen) atoms. The Labute approximate surface area is 348 Å². The van der Waals surface area contributed by atoms with Crippen LogP contribution in [0.3, 0.4) is 0 Å². The number of nitrogens with zero attached hydrogens (tertiary/aromatic N) is 1. The zero-order valence-electron chi connectivity index (χ0n) is 35.6. The van der Waals surface area contributed by atoms with Crippen molar-refractivity contribution in [2.45, 2.75) is 130 Å². The van der Waals surface area contributed by atoms with Gasteiger partial charge < -0.3 is 35.5 Å². The van der Waals surface area contributed by atoms with Crippen LogP contribution in [0.1, 0.15) is 93.1 Å². The minimum Gasteiger partial charge on any atom is -0.508 e. The molecule has 324 valence electrons. The third kappa shape index (κ3) is 15.0. The number of Topliss-reactive ketones (excluding diaryl/α,β-unsaturated/α-hetero) is 1. The molecule has 2 bridgehead atoms. The SMILES string of the molecule is CC(=O)CC[C@H]1C(=O)N[C@@H](C(C)C)C(=O)N[C@@H](Cc2cccc(O)c2)C(=O)N2CCCC(N2)C(=O)O[C@H](C(C)=CC=CC(=O)C(C)(C)C)CC=CC=C[C@H](O)[C@H](C)[C@H]1O. The highest BCUT2D eigenvalue weighted by molar-refractivity contribution is 5.94. The van der Waals surface area contributed by atoms with Crippen molar-refractivity contribution in [2.24, 2.45) is 23.2 Å². The lowest BCUT2D eigenvalue weighted by molar-refractivity contribution is -0.156. The second-order valence-electron chi connectivity index (χ2n) is 17.0. The molecule has 1 unspecified atom stereocenters. The Bertz CT molecular complexity index is 1780. The smallest absolute Gasteiger partial charge is 0.325 e. The molecule has 14 heteroatoms. The maximum Gasteiger partial charge on any atom is 0.325 e. The van der Waals surface area contributed by atoms with E-state index in [0.29, 0.717) is 24.0 Å². The van der Waals surface area contributed by atoms with Gasteiger partial charge in [0, 0.05) is 37.1 Å². The fourth-order valence-corrected chi connectivity index (χ4v) is 6.69. The summed E-state index contributed by atoms with van der Waals surface area (Å²) in [6.45, 7) is 13.8. The summed E-state index contributed by atoms with van der Waals surface area (Å²) in [5.41, 5.74) is 3.60. The third-order valence-electron chi connectivity index (χ3n) is 10.6. The van der Waals surface area contributed by atoms with Crippen molar-refractivity contribution in [3.8, 4) is 5.75 Å². The summed E-state index contributed by atoms with van der Waals surface area (Å²) in [7, 11) is 0. The van der Waals surface area contributed by atoms with Crippen LogP contribution < -0.4 is 16.1 Å². The number of ether oxygens (including phenoxy) is 1. The van der Waals surface area contributed by atoms with Crippen LogP contribution in [-0.4, -0.2) is 98.6 Å². The molecule has 6 N–H and O–H groups in total. The first-order valence-electron chi connectivity index (χ1n) is 20.4. The first-order valence-corrected chi connectivity index (χ1v) is 20.4. The fourth-order valence-electron chi connectivity index (χ4n) is 6.69. The van der Waals surface area contributed by atoms with Gasteiger partial charge in [-0.25, -0.2) is 5.43 Å². The Morgan fingerprint density at radius 1 is 1.03 bits per heavy atom. The van der Waals surface area contributed by atoms with E-state index in [1.165, 1.54) is 36.2 Å². The number of hydrogen-bond donors (Lipinski definition) is 6. The highest BCUT2D eigenvalue weighted by atomic mass is 16.5. The molecule has 1 fully saturated rings. The molecule has 3 rings (SSSR count). The van der Waals surface area contributed by atoms with E-state index in [1.54, 1.807) is 70.2 Å². The number of phenols is 1. The molecule has 1 saturated heterocycles. The van der Waals surface area contributed by atoms with Crippen molar-refractivity contribution >= 4 is 35.3 Å². The Hall–Kier alpha value is -4.92. The van der Waals surface area contributed by atoms with Crippen molar-refractivity contribution in [1.82, 2.24) is 21.1 Å². The van der Waals surface area contributed by atoms with Crippen LogP contribution in [0.4, 0.5) is 0 Å². The second-order valence-corrected chi connectivity index (χ2v) is 17.0. The number of carbonyl (C=O) groups is 6. The largest absolute Gasteiger partial charge is 0.508 e. The summed E-state index contributed by atoms with van der Waals surface area (Å²) in [6.07, 6.45) is 8.68. The number of benzene rings is 1. The number of nitrogens with one attached hydrogen (secondary N) is 3. The molecule has 14 nitrogen and oxygen atoms in total.